The molecule has 1 spiro atoms. The monoisotopic (exact) mass is 332 g/mol. The summed E-state index contributed by atoms with van der Waals surface area (Å²) < 4.78 is 10.7. The van der Waals surface area contributed by atoms with Gasteiger partial charge in [-0.15, -0.1) is 0 Å². The smallest absolute Gasteiger partial charge is 0.218 e. The van der Waals surface area contributed by atoms with E-state index in [4.69, 9.17) is 9.47 Å². The molecule has 0 bridgehead atoms. The van der Waals surface area contributed by atoms with Crippen molar-refractivity contribution in [3.8, 4) is 5.88 Å². The largest absolute Gasteiger partial charge is 0.475 e. The standard InChI is InChI=1S/C18H28N4O2/c1-19-17(22-10-8-18(14-22)6-4-7-18)21-13-15-5-3-9-20-16(15)24-12-11-23-2/h3,5,9H,4,6-8,10-14H2,1-2H3,(H,19,21). The van der Waals surface area contributed by atoms with E-state index in [2.05, 4.69) is 20.2 Å². The fourth-order valence-corrected chi connectivity index (χ4v) is 3.62. The summed E-state index contributed by atoms with van der Waals surface area (Å²) in [6, 6.07) is 3.97. The molecular formula is C18H28N4O2. The Labute approximate surface area is 144 Å². The van der Waals surface area contributed by atoms with Gasteiger partial charge in [0, 0.05) is 45.6 Å². The Morgan fingerprint density at radius 2 is 2.25 bits per heavy atom. The Balaban J connectivity index is 1.56. The van der Waals surface area contributed by atoms with E-state index in [1.807, 2.05) is 19.2 Å². The van der Waals surface area contributed by atoms with Crippen molar-refractivity contribution in [2.24, 2.45) is 10.4 Å². The molecule has 0 aromatic carbocycles. The number of nitrogens with one attached hydrogen (secondary N) is 1. The van der Waals surface area contributed by atoms with Gasteiger partial charge in [-0.25, -0.2) is 4.98 Å². The number of pyridine rings is 1. The molecule has 6 nitrogen and oxygen atoms in total. The summed E-state index contributed by atoms with van der Waals surface area (Å²) in [5.74, 6) is 1.64. The number of likely N-dealkylation sites (tertiary alicyclic amines) is 1. The molecule has 132 valence electrons. The number of hydrogen-bond donors (Lipinski definition) is 1. The molecule has 24 heavy (non-hydrogen) atoms. The summed E-state index contributed by atoms with van der Waals surface area (Å²) in [4.78, 5) is 11.2. The maximum Gasteiger partial charge on any atom is 0.218 e. The van der Waals surface area contributed by atoms with Gasteiger partial charge in [0.1, 0.15) is 6.61 Å². The van der Waals surface area contributed by atoms with Crippen molar-refractivity contribution < 1.29 is 9.47 Å². The van der Waals surface area contributed by atoms with Crippen LogP contribution in [0, 0.1) is 5.41 Å². The van der Waals surface area contributed by atoms with Crippen molar-refractivity contribution in [2.75, 3.05) is 40.5 Å². The summed E-state index contributed by atoms with van der Waals surface area (Å²) in [5, 5.41) is 3.47. The van der Waals surface area contributed by atoms with Crippen LogP contribution in [-0.2, 0) is 11.3 Å². The molecule has 2 heterocycles. The maximum absolute atomic E-state index is 5.70. The van der Waals surface area contributed by atoms with Gasteiger partial charge in [-0.2, -0.15) is 0 Å². The van der Waals surface area contributed by atoms with Crippen LogP contribution in [0.4, 0.5) is 0 Å². The fraction of sp³-hybridized carbons (Fsp3) is 0.667. The Hall–Kier alpha value is -1.82. The van der Waals surface area contributed by atoms with Crippen molar-refractivity contribution in [2.45, 2.75) is 32.2 Å². The summed E-state index contributed by atoms with van der Waals surface area (Å²) in [6.07, 6.45) is 7.19. The number of guanidine groups is 1. The van der Waals surface area contributed by atoms with Crippen LogP contribution in [0.2, 0.25) is 0 Å². The number of ether oxygens (including phenoxy) is 2. The predicted molar refractivity (Wildman–Crippen MR) is 94.3 cm³/mol. The SMILES string of the molecule is CN=C(NCc1cccnc1OCCOC)N1CCC2(CCC2)C1. The van der Waals surface area contributed by atoms with Crippen molar-refractivity contribution in [3.63, 3.8) is 0 Å². The molecular weight excluding hydrogens is 304 g/mol. The van der Waals surface area contributed by atoms with Gasteiger partial charge in [0.2, 0.25) is 5.88 Å². The summed E-state index contributed by atoms with van der Waals surface area (Å²) in [7, 11) is 3.52. The fourth-order valence-electron chi connectivity index (χ4n) is 3.62. The minimum Gasteiger partial charge on any atom is -0.475 e. The zero-order valence-electron chi connectivity index (χ0n) is 14.8. The summed E-state index contributed by atoms with van der Waals surface area (Å²) >= 11 is 0. The van der Waals surface area contributed by atoms with E-state index in [-0.39, 0.29) is 0 Å². The van der Waals surface area contributed by atoms with Gasteiger partial charge in [-0.1, -0.05) is 12.5 Å². The van der Waals surface area contributed by atoms with Gasteiger partial charge in [0.05, 0.1) is 6.61 Å². The molecule has 0 atom stereocenters. The summed E-state index contributed by atoms with van der Waals surface area (Å²) in [6.45, 7) is 3.96. The lowest BCUT2D eigenvalue weighted by Gasteiger charge is -2.38. The van der Waals surface area contributed by atoms with Crippen LogP contribution < -0.4 is 10.1 Å². The molecule has 2 aliphatic rings. The van der Waals surface area contributed by atoms with Crippen LogP contribution in [0.25, 0.3) is 0 Å². The lowest BCUT2D eigenvalue weighted by Crippen LogP contribution is -2.42. The van der Waals surface area contributed by atoms with Gasteiger partial charge in [-0.05, 0) is 30.7 Å². The Morgan fingerprint density at radius 3 is 2.92 bits per heavy atom. The quantitative estimate of drug-likeness (QED) is 0.491. The van der Waals surface area contributed by atoms with Crippen LogP contribution in [0.5, 0.6) is 5.88 Å². The van der Waals surface area contributed by atoms with E-state index >= 15 is 0 Å². The molecule has 1 aromatic rings. The number of aliphatic imine (C=N–C) groups is 1. The number of hydrogen-bond acceptors (Lipinski definition) is 4. The number of aromatic nitrogens is 1. The second-order valence-corrected chi connectivity index (χ2v) is 6.73. The Kier molecular flexibility index (Phi) is 5.56. The van der Waals surface area contributed by atoms with Crippen molar-refractivity contribution in [1.29, 1.82) is 0 Å². The van der Waals surface area contributed by atoms with Crippen LogP contribution >= 0.6 is 0 Å². The van der Waals surface area contributed by atoms with E-state index in [1.54, 1.807) is 13.3 Å². The van der Waals surface area contributed by atoms with Crippen molar-refractivity contribution in [1.82, 2.24) is 15.2 Å². The predicted octanol–water partition coefficient (Wildman–Crippen LogP) is 2.06. The van der Waals surface area contributed by atoms with Gasteiger partial charge < -0.3 is 19.7 Å². The molecule has 1 N–H and O–H groups in total. The molecule has 6 heteroatoms. The van der Waals surface area contributed by atoms with Crippen molar-refractivity contribution in [3.05, 3.63) is 23.9 Å². The zero-order chi connectivity index (χ0) is 16.8. The normalized spacial score (nSPS) is 19.4. The molecule has 0 unspecified atom stereocenters. The number of rotatable bonds is 6. The molecule has 0 amide bonds. The number of nitrogens with zero attached hydrogens (tertiary/aromatic N) is 3. The van der Waals surface area contributed by atoms with E-state index < -0.39 is 0 Å². The van der Waals surface area contributed by atoms with E-state index in [0.717, 1.165) is 24.6 Å². The molecule has 1 aromatic heterocycles. The minimum absolute atomic E-state index is 0.504. The lowest BCUT2D eigenvalue weighted by molar-refractivity contribution is 0.143. The first-order valence-electron chi connectivity index (χ1n) is 8.78. The van der Waals surface area contributed by atoms with Gasteiger partial charge in [0.25, 0.3) is 0 Å². The molecule has 1 saturated carbocycles. The highest BCUT2D eigenvalue weighted by Crippen LogP contribution is 2.47. The third kappa shape index (κ3) is 3.80. The second kappa shape index (κ2) is 7.83. The molecule has 1 saturated heterocycles. The third-order valence-corrected chi connectivity index (χ3v) is 5.18. The molecule has 1 aliphatic heterocycles. The van der Waals surface area contributed by atoms with Crippen LogP contribution in [0.1, 0.15) is 31.2 Å². The van der Waals surface area contributed by atoms with Gasteiger partial charge >= 0.3 is 0 Å². The first-order valence-corrected chi connectivity index (χ1v) is 8.78. The third-order valence-electron chi connectivity index (χ3n) is 5.18. The Morgan fingerprint density at radius 1 is 1.38 bits per heavy atom. The maximum atomic E-state index is 5.70. The van der Waals surface area contributed by atoms with Crippen molar-refractivity contribution >= 4 is 5.96 Å². The zero-order valence-corrected chi connectivity index (χ0v) is 14.8. The average molecular weight is 332 g/mol. The van der Waals surface area contributed by atoms with Crippen LogP contribution in [0.15, 0.2) is 23.3 Å². The molecule has 2 fully saturated rings. The highest BCUT2D eigenvalue weighted by molar-refractivity contribution is 5.80. The molecule has 1 aliphatic carbocycles. The minimum atomic E-state index is 0.504. The molecule has 0 radical (unpaired) electrons. The van der Waals surface area contributed by atoms with Gasteiger partial charge in [0.15, 0.2) is 5.96 Å². The lowest BCUT2D eigenvalue weighted by atomic mass is 9.68. The van der Waals surface area contributed by atoms with E-state index in [0.29, 0.717) is 31.1 Å². The van der Waals surface area contributed by atoms with Crippen LogP contribution in [-0.4, -0.2) is 56.3 Å². The van der Waals surface area contributed by atoms with E-state index in [9.17, 15) is 0 Å². The van der Waals surface area contributed by atoms with E-state index in [1.165, 1.54) is 25.7 Å². The van der Waals surface area contributed by atoms with Crippen LogP contribution in [0.3, 0.4) is 0 Å². The first kappa shape index (κ1) is 17.0. The first-order chi connectivity index (χ1) is 11.8. The summed E-state index contributed by atoms with van der Waals surface area (Å²) in [5.41, 5.74) is 1.60. The topological polar surface area (TPSA) is 59.0 Å². The second-order valence-electron chi connectivity index (χ2n) is 6.73. The highest BCUT2D eigenvalue weighted by atomic mass is 16.5. The van der Waals surface area contributed by atoms with Gasteiger partial charge in [-0.3, -0.25) is 4.99 Å². The Bertz CT molecular complexity index is 572. The molecule has 3 rings (SSSR count). The highest BCUT2D eigenvalue weighted by Gasteiger charge is 2.43. The average Bonchev–Trinajstić information content (AvgIpc) is 3.03. The number of methoxy groups -OCH3 is 1.